The lowest BCUT2D eigenvalue weighted by molar-refractivity contribution is 0.590. The molecule has 0 nitrogen and oxygen atoms in total. The Morgan fingerprint density at radius 2 is 1.28 bits per heavy atom. The van der Waals surface area contributed by atoms with Crippen molar-refractivity contribution < 1.29 is 0 Å². The number of halogens is 1. The maximum Gasteiger partial charge on any atom is 0.0524 e. The van der Waals surface area contributed by atoms with E-state index in [4.69, 9.17) is 11.2 Å². The molecule has 0 radical (unpaired) electrons. The minimum atomic E-state index is -0.747. The Labute approximate surface area is 116 Å². The van der Waals surface area contributed by atoms with Gasteiger partial charge in [-0.05, 0) is 21.6 Å². The highest BCUT2D eigenvalue weighted by molar-refractivity contribution is 7.95. The molecule has 0 N–H and O–H groups in total. The molecule has 0 saturated carbocycles. The molecule has 0 heterocycles. The quantitative estimate of drug-likeness (QED) is 0.705. The Morgan fingerprint density at radius 3 is 1.78 bits per heavy atom. The molecule has 2 aromatic rings. The minimum Gasteiger partial charge on any atom is -0.0859 e. The van der Waals surface area contributed by atoms with Crippen molar-refractivity contribution in [3.8, 4) is 0 Å². The second kappa shape index (κ2) is 5.43. The highest BCUT2D eigenvalue weighted by Gasteiger charge is 2.15. The minimum absolute atomic E-state index is 0.195. The third-order valence-corrected chi connectivity index (χ3v) is 5.62. The lowest BCUT2D eigenvalue weighted by atomic mass is 9.87. The van der Waals surface area contributed by atoms with E-state index in [1.54, 1.807) is 0 Å². The molecule has 2 aromatic carbocycles. The molecule has 2 heteroatoms. The topological polar surface area (TPSA) is 0 Å². The summed E-state index contributed by atoms with van der Waals surface area (Å²) in [7, 11) is -0.747. The Bertz CT molecular complexity index is 497. The molecular weight excluding hydrogens is 259 g/mol. The molecule has 2 rings (SSSR count). The van der Waals surface area contributed by atoms with Gasteiger partial charge in [0.2, 0.25) is 0 Å². The van der Waals surface area contributed by atoms with Gasteiger partial charge in [0, 0.05) is 0 Å². The van der Waals surface area contributed by atoms with Gasteiger partial charge in [0.15, 0.2) is 0 Å². The molecule has 1 unspecified atom stereocenters. The standard InChI is InChI=1S/C16H18ClP/c1-16(2,3)13-9-11-15(12-10-13)18(17)14-7-5-4-6-8-14/h4-12H,1-3H3. The number of hydrogen-bond acceptors (Lipinski definition) is 0. The van der Waals surface area contributed by atoms with Crippen molar-refractivity contribution in [2.75, 3.05) is 0 Å². The van der Waals surface area contributed by atoms with E-state index in [-0.39, 0.29) is 5.41 Å². The smallest absolute Gasteiger partial charge is 0.0524 e. The van der Waals surface area contributed by atoms with Crippen LogP contribution in [0.5, 0.6) is 0 Å². The lowest BCUT2D eigenvalue weighted by Gasteiger charge is -2.20. The van der Waals surface area contributed by atoms with Crippen molar-refractivity contribution in [2.45, 2.75) is 26.2 Å². The van der Waals surface area contributed by atoms with Crippen molar-refractivity contribution in [1.29, 1.82) is 0 Å². The highest BCUT2D eigenvalue weighted by atomic mass is 35.7. The van der Waals surface area contributed by atoms with Gasteiger partial charge in [-0.2, -0.15) is 0 Å². The Morgan fingerprint density at radius 1 is 0.778 bits per heavy atom. The predicted octanol–water partition coefficient (Wildman–Crippen LogP) is 4.57. The van der Waals surface area contributed by atoms with Crippen LogP contribution in [0, 0.1) is 0 Å². The fourth-order valence-electron chi connectivity index (χ4n) is 1.80. The van der Waals surface area contributed by atoms with E-state index in [0.29, 0.717) is 0 Å². The van der Waals surface area contributed by atoms with Gasteiger partial charge in [0.05, 0.1) is 7.27 Å². The van der Waals surface area contributed by atoms with E-state index < -0.39 is 7.27 Å². The van der Waals surface area contributed by atoms with Gasteiger partial charge in [0.1, 0.15) is 0 Å². The Hall–Kier alpha value is -0.840. The van der Waals surface area contributed by atoms with Crippen molar-refractivity contribution in [3.63, 3.8) is 0 Å². The maximum absolute atomic E-state index is 6.56. The molecule has 0 fully saturated rings. The van der Waals surface area contributed by atoms with Gasteiger partial charge in [-0.3, -0.25) is 0 Å². The molecule has 0 aliphatic rings. The van der Waals surface area contributed by atoms with E-state index in [0.717, 1.165) is 0 Å². The molecular formula is C16H18ClP. The van der Waals surface area contributed by atoms with E-state index >= 15 is 0 Å². The molecule has 0 bridgehead atoms. The summed E-state index contributed by atoms with van der Waals surface area (Å²) in [6.07, 6.45) is 0. The first kappa shape index (κ1) is 13.6. The first-order valence-corrected chi connectivity index (χ1v) is 8.34. The summed E-state index contributed by atoms with van der Waals surface area (Å²) in [5.41, 5.74) is 1.54. The maximum atomic E-state index is 6.56. The van der Waals surface area contributed by atoms with Crippen LogP contribution >= 0.6 is 18.5 Å². The second-order valence-electron chi connectivity index (χ2n) is 5.41. The SMILES string of the molecule is CC(C)(C)c1ccc(P(Cl)c2ccccc2)cc1. The summed E-state index contributed by atoms with van der Waals surface area (Å²) in [5, 5.41) is 2.42. The summed E-state index contributed by atoms with van der Waals surface area (Å²) in [4.78, 5) is 0. The van der Waals surface area contributed by atoms with Crippen LogP contribution in [-0.4, -0.2) is 0 Å². The highest BCUT2D eigenvalue weighted by Crippen LogP contribution is 2.39. The summed E-state index contributed by atoms with van der Waals surface area (Å²) >= 11 is 6.56. The Kier molecular flexibility index (Phi) is 4.10. The van der Waals surface area contributed by atoms with E-state index in [2.05, 4.69) is 57.2 Å². The first-order chi connectivity index (χ1) is 8.48. The van der Waals surface area contributed by atoms with Crippen LogP contribution in [0.15, 0.2) is 54.6 Å². The fourth-order valence-corrected chi connectivity index (χ4v) is 3.62. The molecule has 1 atom stereocenters. The average Bonchev–Trinajstić information content (AvgIpc) is 2.38. The van der Waals surface area contributed by atoms with Crippen molar-refractivity contribution in [1.82, 2.24) is 0 Å². The van der Waals surface area contributed by atoms with Crippen LogP contribution in [0.25, 0.3) is 0 Å². The second-order valence-corrected chi connectivity index (χ2v) is 8.02. The van der Waals surface area contributed by atoms with Crippen LogP contribution in [0.3, 0.4) is 0 Å². The lowest BCUT2D eigenvalue weighted by Crippen LogP contribution is -2.13. The molecule has 0 spiro atoms. The largest absolute Gasteiger partial charge is 0.0859 e. The van der Waals surface area contributed by atoms with Gasteiger partial charge in [-0.1, -0.05) is 86.6 Å². The normalized spacial score (nSPS) is 13.3. The predicted molar refractivity (Wildman–Crippen MR) is 83.6 cm³/mol. The van der Waals surface area contributed by atoms with E-state index in [1.807, 2.05) is 18.2 Å². The molecule has 0 aromatic heterocycles. The van der Waals surface area contributed by atoms with E-state index in [1.165, 1.54) is 16.2 Å². The van der Waals surface area contributed by atoms with Gasteiger partial charge in [0.25, 0.3) is 0 Å². The zero-order chi connectivity index (χ0) is 13.2. The number of rotatable bonds is 2. The average molecular weight is 277 g/mol. The molecule has 0 aliphatic heterocycles. The van der Waals surface area contributed by atoms with Crippen molar-refractivity contribution in [3.05, 3.63) is 60.2 Å². The summed E-state index contributed by atoms with van der Waals surface area (Å²) in [5.74, 6) is 0. The van der Waals surface area contributed by atoms with Crippen LogP contribution in [-0.2, 0) is 5.41 Å². The third-order valence-electron chi connectivity index (χ3n) is 2.94. The van der Waals surface area contributed by atoms with Crippen LogP contribution in [0.4, 0.5) is 0 Å². The van der Waals surface area contributed by atoms with Crippen LogP contribution in [0.2, 0.25) is 0 Å². The monoisotopic (exact) mass is 276 g/mol. The van der Waals surface area contributed by atoms with Crippen LogP contribution < -0.4 is 10.6 Å². The zero-order valence-electron chi connectivity index (χ0n) is 11.0. The first-order valence-electron chi connectivity index (χ1n) is 6.10. The molecule has 94 valence electrons. The summed E-state index contributed by atoms with van der Waals surface area (Å²) in [6, 6.07) is 19.0. The van der Waals surface area contributed by atoms with Gasteiger partial charge >= 0.3 is 0 Å². The van der Waals surface area contributed by atoms with Gasteiger partial charge in [-0.15, -0.1) is 0 Å². The summed E-state index contributed by atoms with van der Waals surface area (Å²) < 4.78 is 0. The molecule has 0 amide bonds. The van der Waals surface area contributed by atoms with Gasteiger partial charge < -0.3 is 0 Å². The van der Waals surface area contributed by atoms with Gasteiger partial charge in [-0.25, -0.2) is 0 Å². The Balaban J connectivity index is 2.25. The number of hydrogen-bond donors (Lipinski definition) is 0. The third kappa shape index (κ3) is 3.13. The number of benzene rings is 2. The zero-order valence-corrected chi connectivity index (χ0v) is 12.7. The molecule has 18 heavy (non-hydrogen) atoms. The fraction of sp³-hybridized carbons (Fsp3) is 0.250. The molecule has 0 aliphatic carbocycles. The molecule has 0 saturated heterocycles. The van der Waals surface area contributed by atoms with Crippen molar-refractivity contribution in [2.24, 2.45) is 0 Å². The summed E-state index contributed by atoms with van der Waals surface area (Å²) in [6.45, 7) is 6.67. The van der Waals surface area contributed by atoms with Crippen LogP contribution in [0.1, 0.15) is 26.3 Å². The van der Waals surface area contributed by atoms with E-state index in [9.17, 15) is 0 Å². The van der Waals surface area contributed by atoms with Crippen molar-refractivity contribution >= 4 is 29.1 Å².